The number of benzene rings is 1. The Bertz CT molecular complexity index is 453. The quantitative estimate of drug-likeness (QED) is 0.863. The third kappa shape index (κ3) is 3.41. The average Bonchev–Trinajstić information content (AvgIpc) is 2.82. The molecular formula is C14H16BrNS. The van der Waals surface area contributed by atoms with Crippen molar-refractivity contribution in [3.05, 3.63) is 56.7 Å². The molecule has 0 aliphatic heterocycles. The minimum Gasteiger partial charge on any atom is -0.310 e. The van der Waals surface area contributed by atoms with Crippen LogP contribution in [-0.2, 0) is 6.42 Å². The Balaban J connectivity index is 2.20. The highest BCUT2D eigenvalue weighted by molar-refractivity contribution is 9.10. The smallest absolute Gasteiger partial charge is 0.0379 e. The maximum atomic E-state index is 3.63. The van der Waals surface area contributed by atoms with E-state index in [0.29, 0.717) is 6.04 Å². The highest BCUT2D eigenvalue weighted by Crippen LogP contribution is 2.27. The fourth-order valence-corrected chi connectivity index (χ4v) is 3.24. The molecule has 2 rings (SSSR count). The van der Waals surface area contributed by atoms with Gasteiger partial charge in [0.05, 0.1) is 0 Å². The molecule has 0 saturated heterocycles. The lowest BCUT2D eigenvalue weighted by atomic mass is 10.0. The van der Waals surface area contributed by atoms with Crippen LogP contribution in [0.4, 0.5) is 0 Å². The predicted molar refractivity (Wildman–Crippen MR) is 78.6 cm³/mol. The van der Waals surface area contributed by atoms with Gasteiger partial charge >= 0.3 is 0 Å². The van der Waals surface area contributed by atoms with E-state index in [1.165, 1.54) is 14.9 Å². The molecular weight excluding hydrogens is 294 g/mol. The highest BCUT2D eigenvalue weighted by Gasteiger charge is 2.13. The number of hydrogen-bond donors (Lipinski definition) is 1. The minimum absolute atomic E-state index is 0.384. The maximum absolute atomic E-state index is 3.63. The summed E-state index contributed by atoms with van der Waals surface area (Å²) in [5, 5.41) is 5.69. The Hall–Kier alpha value is -0.640. The van der Waals surface area contributed by atoms with Crippen LogP contribution in [0.1, 0.15) is 23.4 Å². The second-order valence-electron chi connectivity index (χ2n) is 3.92. The Kier molecular flexibility index (Phi) is 4.77. The van der Waals surface area contributed by atoms with Crippen LogP contribution >= 0.6 is 27.3 Å². The van der Waals surface area contributed by atoms with Crippen LogP contribution in [-0.4, -0.2) is 6.54 Å². The van der Waals surface area contributed by atoms with E-state index in [2.05, 4.69) is 69.9 Å². The van der Waals surface area contributed by atoms with Crippen molar-refractivity contribution in [2.45, 2.75) is 19.4 Å². The molecule has 1 aromatic heterocycles. The Morgan fingerprint density at radius 3 is 2.71 bits per heavy atom. The van der Waals surface area contributed by atoms with Gasteiger partial charge in [-0.2, -0.15) is 0 Å². The zero-order chi connectivity index (χ0) is 12.1. The topological polar surface area (TPSA) is 12.0 Å². The Labute approximate surface area is 115 Å². The molecule has 0 aliphatic rings. The van der Waals surface area contributed by atoms with Crippen LogP contribution in [0.25, 0.3) is 0 Å². The van der Waals surface area contributed by atoms with E-state index in [1.54, 1.807) is 0 Å². The summed E-state index contributed by atoms with van der Waals surface area (Å²) >= 11 is 5.46. The second kappa shape index (κ2) is 6.34. The highest BCUT2D eigenvalue weighted by atomic mass is 79.9. The summed E-state index contributed by atoms with van der Waals surface area (Å²) in [5.41, 5.74) is 1.34. The van der Waals surface area contributed by atoms with E-state index in [4.69, 9.17) is 0 Å². The van der Waals surface area contributed by atoms with Crippen LogP contribution in [0, 0.1) is 0 Å². The summed E-state index contributed by atoms with van der Waals surface area (Å²) in [7, 11) is 0. The third-order valence-electron chi connectivity index (χ3n) is 2.72. The molecule has 0 saturated carbocycles. The van der Waals surface area contributed by atoms with E-state index in [0.717, 1.165) is 13.0 Å². The molecule has 90 valence electrons. The summed E-state index contributed by atoms with van der Waals surface area (Å²) in [5.74, 6) is 0. The zero-order valence-corrected chi connectivity index (χ0v) is 12.2. The number of likely N-dealkylation sites (N-methyl/N-ethyl adjacent to an activating group) is 1. The molecule has 0 spiro atoms. The molecule has 1 atom stereocenters. The summed E-state index contributed by atoms with van der Waals surface area (Å²) in [4.78, 5) is 1.42. The van der Waals surface area contributed by atoms with E-state index >= 15 is 0 Å². The minimum atomic E-state index is 0.384. The lowest BCUT2D eigenvalue weighted by Crippen LogP contribution is -2.23. The molecule has 0 amide bonds. The molecule has 0 fully saturated rings. The lowest BCUT2D eigenvalue weighted by molar-refractivity contribution is 0.551. The van der Waals surface area contributed by atoms with Crippen LogP contribution in [0.2, 0.25) is 0 Å². The van der Waals surface area contributed by atoms with E-state index in [-0.39, 0.29) is 0 Å². The fourth-order valence-electron chi connectivity index (χ4n) is 1.93. The van der Waals surface area contributed by atoms with Gasteiger partial charge in [-0.05, 0) is 29.6 Å². The van der Waals surface area contributed by atoms with Gasteiger partial charge in [0.2, 0.25) is 0 Å². The Morgan fingerprint density at radius 1 is 1.24 bits per heavy atom. The van der Waals surface area contributed by atoms with Gasteiger partial charge in [0.15, 0.2) is 0 Å². The number of thiophene rings is 1. The predicted octanol–water partition coefficient (Wildman–Crippen LogP) is 4.40. The van der Waals surface area contributed by atoms with Gasteiger partial charge in [0, 0.05) is 21.8 Å². The SMILES string of the molecule is CCNC(Cc1cccs1)c1ccccc1Br. The molecule has 0 radical (unpaired) electrons. The van der Waals surface area contributed by atoms with Crippen LogP contribution in [0.3, 0.4) is 0 Å². The van der Waals surface area contributed by atoms with Crippen molar-refractivity contribution < 1.29 is 0 Å². The second-order valence-corrected chi connectivity index (χ2v) is 5.80. The molecule has 17 heavy (non-hydrogen) atoms. The number of halogens is 1. The third-order valence-corrected chi connectivity index (χ3v) is 4.34. The van der Waals surface area contributed by atoms with Crippen LogP contribution in [0.15, 0.2) is 46.3 Å². The standard InChI is InChI=1S/C14H16BrNS/c1-2-16-14(10-11-6-5-9-17-11)12-7-3-4-8-13(12)15/h3-9,14,16H,2,10H2,1H3. The van der Waals surface area contributed by atoms with E-state index < -0.39 is 0 Å². The molecule has 1 N–H and O–H groups in total. The van der Waals surface area contributed by atoms with Crippen molar-refractivity contribution in [1.29, 1.82) is 0 Å². The summed E-state index contributed by atoms with van der Waals surface area (Å²) in [6, 6.07) is 13.1. The van der Waals surface area contributed by atoms with Gasteiger partial charge in [0.1, 0.15) is 0 Å². The monoisotopic (exact) mass is 309 g/mol. The first-order valence-corrected chi connectivity index (χ1v) is 7.48. The zero-order valence-electron chi connectivity index (χ0n) is 9.82. The molecule has 2 aromatic rings. The van der Waals surface area contributed by atoms with Gasteiger partial charge < -0.3 is 5.32 Å². The molecule has 1 heterocycles. The van der Waals surface area contributed by atoms with Crippen molar-refractivity contribution in [2.75, 3.05) is 6.54 Å². The number of hydrogen-bond acceptors (Lipinski definition) is 2. The largest absolute Gasteiger partial charge is 0.310 e. The van der Waals surface area contributed by atoms with Gasteiger partial charge in [-0.25, -0.2) is 0 Å². The molecule has 1 unspecified atom stereocenters. The molecule has 1 aromatic carbocycles. The lowest BCUT2D eigenvalue weighted by Gasteiger charge is -2.19. The summed E-state index contributed by atoms with van der Waals surface area (Å²) in [6.45, 7) is 3.13. The summed E-state index contributed by atoms with van der Waals surface area (Å²) < 4.78 is 1.18. The molecule has 0 bridgehead atoms. The van der Waals surface area contributed by atoms with E-state index in [9.17, 15) is 0 Å². The first-order valence-electron chi connectivity index (χ1n) is 5.81. The van der Waals surface area contributed by atoms with Gasteiger partial charge in [0.25, 0.3) is 0 Å². The first kappa shape index (κ1) is 12.8. The van der Waals surface area contributed by atoms with Crippen molar-refractivity contribution in [2.24, 2.45) is 0 Å². The number of nitrogens with one attached hydrogen (secondary N) is 1. The maximum Gasteiger partial charge on any atom is 0.0379 e. The number of rotatable bonds is 5. The van der Waals surface area contributed by atoms with Crippen LogP contribution < -0.4 is 5.32 Å². The fraction of sp³-hybridized carbons (Fsp3) is 0.286. The summed E-state index contributed by atoms with van der Waals surface area (Å²) in [6.07, 6.45) is 1.05. The first-order chi connectivity index (χ1) is 8.31. The van der Waals surface area contributed by atoms with Crippen molar-refractivity contribution in [1.82, 2.24) is 5.32 Å². The van der Waals surface area contributed by atoms with Crippen LogP contribution in [0.5, 0.6) is 0 Å². The Morgan fingerprint density at radius 2 is 2.06 bits per heavy atom. The molecule has 3 heteroatoms. The van der Waals surface area contributed by atoms with Gasteiger partial charge in [-0.15, -0.1) is 11.3 Å². The normalized spacial score (nSPS) is 12.6. The average molecular weight is 310 g/mol. The van der Waals surface area contributed by atoms with Crippen molar-refractivity contribution in [3.8, 4) is 0 Å². The molecule has 1 nitrogen and oxygen atoms in total. The van der Waals surface area contributed by atoms with Crippen molar-refractivity contribution >= 4 is 27.3 Å². The van der Waals surface area contributed by atoms with Crippen molar-refractivity contribution in [3.63, 3.8) is 0 Å². The van der Waals surface area contributed by atoms with Gasteiger partial charge in [-0.1, -0.05) is 47.1 Å². The van der Waals surface area contributed by atoms with E-state index in [1.807, 2.05) is 11.3 Å². The van der Waals surface area contributed by atoms with Gasteiger partial charge in [-0.3, -0.25) is 0 Å². The molecule has 0 aliphatic carbocycles.